The highest BCUT2D eigenvalue weighted by molar-refractivity contribution is 7.89. The Hall–Kier alpha value is -3.29. The number of nitrogens with one attached hydrogen (secondary N) is 1. The third kappa shape index (κ3) is 5.61. The van der Waals surface area contributed by atoms with E-state index in [1.54, 1.807) is 13.0 Å². The number of nitrogens with zero attached hydrogens (tertiary/aromatic N) is 3. The smallest absolute Gasteiger partial charge is 0.325 e. The molecule has 1 aliphatic heterocycles. The van der Waals surface area contributed by atoms with Crippen molar-refractivity contribution >= 4 is 27.8 Å². The van der Waals surface area contributed by atoms with Crippen LogP contribution in [0, 0.1) is 13.8 Å². The molecule has 1 unspecified atom stereocenters. The molecule has 0 saturated carbocycles. The summed E-state index contributed by atoms with van der Waals surface area (Å²) < 4.78 is 42.2. The molecule has 0 aliphatic carbocycles. The van der Waals surface area contributed by atoms with Gasteiger partial charge in [0.25, 0.3) is 5.91 Å². The summed E-state index contributed by atoms with van der Waals surface area (Å²) in [5.74, 6) is -1.56. The molecule has 0 bridgehead atoms. The Morgan fingerprint density at radius 3 is 2.35 bits per heavy atom. The van der Waals surface area contributed by atoms with Crippen LogP contribution in [0.5, 0.6) is 11.8 Å². The number of esters is 1. The number of aliphatic hydroxyl groups excluding tert-OH is 1. The molecule has 2 N–H and O–H groups in total. The van der Waals surface area contributed by atoms with Gasteiger partial charge in [-0.05, 0) is 37.1 Å². The highest BCUT2D eigenvalue weighted by Gasteiger charge is 2.44. The maximum absolute atomic E-state index is 13.1. The van der Waals surface area contributed by atoms with Crippen molar-refractivity contribution in [2.75, 3.05) is 32.7 Å². The van der Waals surface area contributed by atoms with Gasteiger partial charge >= 0.3 is 5.97 Å². The summed E-state index contributed by atoms with van der Waals surface area (Å²) in [4.78, 5) is 32.8. The van der Waals surface area contributed by atoms with Gasteiger partial charge in [0.05, 0.1) is 31.3 Å². The van der Waals surface area contributed by atoms with Gasteiger partial charge in [0, 0.05) is 13.0 Å². The predicted molar refractivity (Wildman–Crippen MR) is 119 cm³/mol. The van der Waals surface area contributed by atoms with Gasteiger partial charge in [-0.3, -0.25) is 14.9 Å². The molecule has 2 heterocycles. The van der Waals surface area contributed by atoms with E-state index >= 15 is 0 Å². The van der Waals surface area contributed by atoms with Crippen molar-refractivity contribution in [3.63, 3.8) is 0 Å². The number of anilines is 1. The molecule has 2 aromatic rings. The Balaban J connectivity index is 1.68. The molecule has 2 atom stereocenters. The molecule has 1 aliphatic rings. The van der Waals surface area contributed by atoms with Crippen molar-refractivity contribution in [2.45, 2.75) is 37.3 Å². The number of aromatic nitrogens is 2. The molecule has 0 spiro atoms. The van der Waals surface area contributed by atoms with Crippen LogP contribution in [0.15, 0.2) is 29.2 Å². The number of hydrogen-bond acceptors (Lipinski definition) is 10. The first-order chi connectivity index (χ1) is 16.0. The number of hydrogen-bond donors (Lipinski definition) is 2. The van der Waals surface area contributed by atoms with Crippen LogP contribution in [-0.4, -0.2) is 79.2 Å². The average Bonchev–Trinajstić information content (AvgIpc) is 3.21. The molecule has 1 amide bonds. The number of ether oxygens (including phenoxy) is 3. The Morgan fingerprint density at radius 1 is 1.12 bits per heavy atom. The lowest BCUT2D eigenvalue weighted by Crippen LogP contribution is -2.42. The van der Waals surface area contributed by atoms with Crippen LogP contribution in [0.3, 0.4) is 0 Å². The number of methoxy groups -OCH3 is 2. The number of aliphatic hydroxyl groups is 1. The predicted octanol–water partition coefficient (Wildman–Crippen LogP) is 0.416. The summed E-state index contributed by atoms with van der Waals surface area (Å²) in [6.07, 6.45) is -1.20. The normalized spacial score (nSPS) is 18.4. The fourth-order valence-electron chi connectivity index (χ4n) is 3.34. The van der Waals surface area contributed by atoms with E-state index in [1.807, 2.05) is 6.92 Å². The molecule has 12 nitrogen and oxygen atoms in total. The van der Waals surface area contributed by atoms with Crippen LogP contribution in [-0.2, 0) is 24.3 Å². The Labute approximate surface area is 196 Å². The second-order valence-corrected chi connectivity index (χ2v) is 9.55. The molecule has 13 heteroatoms. The molecule has 0 radical (unpaired) electrons. The van der Waals surface area contributed by atoms with E-state index in [1.165, 1.54) is 32.4 Å². The standard InChI is InChI=1S/C21H26N4O8S/c1-12-5-6-15(7-13(12)2)34(29,30)25-10-14(26)8-16(25)20(28)33-11-17(27)22-21-23-18(31-3)9-19(24-21)32-4/h5-7,9,14,16,26H,8,10-11H2,1-4H3,(H,22,23,24,27)/t14?,16-/m0/s1. The maximum atomic E-state index is 13.1. The van der Waals surface area contributed by atoms with Crippen molar-refractivity contribution in [1.29, 1.82) is 0 Å². The average molecular weight is 495 g/mol. The van der Waals surface area contributed by atoms with Crippen molar-refractivity contribution in [2.24, 2.45) is 0 Å². The minimum absolute atomic E-state index is 0.00404. The minimum Gasteiger partial charge on any atom is -0.481 e. The van der Waals surface area contributed by atoms with Crippen molar-refractivity contribution in [3.05, 3.63) is 35.4 Å². The number of rotatable bonds is 8. The van der Waals surface area contributed by atoms with Gasteiger partial charge in [-0.25, -0.2) is 8.42 Å². The van der Waals surface area contributed by atoms with Gasteiger partial charge < -0.3 is 19.3 Å². The van der Waals surface area contributed by atoms with Gasteiger partial charge in [-0.2, -0.15) is 14.3 Å². The lowest BCUT2D eigenvalue weighted by Gasteiger charge is -2.22. The lowest BCUT2D eigenvalue weighted by molar-refractivity contribution is -0.150. The molecular formula is C21H26N4O8S. The third-order valence-electron chi connectivity index (χ3n) is 5.28. The molecule has 34 heavy (non-hydrogen) atoms. The maximum Gasteiger partial charge on any atom is 0.325 e. The minimum atomic E-state index is -4.08. The first kappa shape index (κ1) is 25.3. The summed E-state index contributed by atoms with van der Waals surface area (Å²) in [5, 5.41) is 12.4. The topological polar surface area (TPSA) is 157 Å². The highest BCUT2D eigenvalue weighted by Crippen LogP contribution is 2.28. The summed E-state index contributed by atoms with van der Waals surface area (Å²) in [7, 11) is -1.33. The first-order valence-corrected chi connectivity index (χ1v) is 11.7. The van der Waals surface area contributed by atoms with Crippen LogP contribution in [0.1, 0.15) is 17.5 Å². The number of benzene rings is 1. The Morgan fingerprint density at radius 2 is 1.76 bits per heavy atom. The number of carbonyl (C=O) groups excluding carboxylic acids is 2. The number of sulfonamides is 1. The Bertz CT molecular complexity index is 1170. The number of aryl methyl sites for hydroxylation is 2. The van der Waals surface area contributed by atoms with E-state index in [2.05, 4.69) is 15.3 Å². The van der Waals surface area contributed by atoms with E-state index in [0.29, 0.717) is 0 Å². The SMILES string of the molecule is COc1cc(OC)nc(NC(=O)COC(=O)[C@@H]2CC(O)CN2S(=O)(=O)c2ccc(C)c(C)c2)n1. The van der Waals surface area contributed by atoms with Gasteiger partial charge in [0.1, 0.15) is 6.04 Å². The van der Waals surface area contributed by atoms with E-state index in [9.17, 15) is 23.1 Å². The second kappa shape index (κ2) is 10.3. The van der Waals surface area contributed by atoms with Crippen molar-refractivity contribution < 1.29 is 37.3 Å². The van der Waals surface area contributed by atoms with E-state index in [0.717, 1.165) is 15.4 Å². The van der Waals surface area contributed by atoms with Gasteiger partial charge in [-0.15, -0.1) is 0 Å². The zero-order valence-electron chi connectivity index (χ0n) is 19.1. The van der Waals surface area contributed by atoms with Gasteiger partial charge in [0.15, 0.2) is 6.61 Å². The van der Waals surface area contributed by atoms with Crippen molar-refractivity contribution in [3.8, 4) is 11.8 Å². The molecule has 1 fully saturated rings. The van der Waals surface area contributed by atoms with E-state index in [4.69, 9.17) is 14.2 Å². The first-order valence-electron chi connectivity index (χ1n) is 10.3. The van der Waals surface area contributed by atoms with Crippen LogP contribution in [0.2, 0.25) is 0 Å². The zero-order valence-corrected chi connectivity index (χ0v) is 20.0. The number of amides is 1. The Kier molecular flexibility index (Phi) is 7.69. The second-order valence-electron chi connectivity index (χ2n) is 7.66. The number of carbonyl (C=O) groups is 2. The largest absolute Gasteiger partial charge is 0.481 e. The highest BCUT2D eigenvalue weighted by atomic mass is 32.2. The van der Waals surface area contributed by atoms with E-state index < -0.39 is 40.7 Å². The molecule has 184 valence electrons. The molecule has 1 aromatic heterocycles. The zero-order chi connectivity index (χ0) is 25.0. The molecule has 1 saturated heterocycles. The van der Waals surface area contributed by atoms with Crippen LogP contribution >= 0.6 is 0 Å². The quantitative estimate of drug-likeness (QED) is 0.493. The van der Waals surface area contributed by atoms with Crippen molar-refractivity contribution in [1.82, 2.24) is 14.3 Å². The summed E-state index contributed by atoms with van der Waals surface area (Å²) in [5.41, 5.74) is 1.69. The van der Waals surface area contributed by atoms with Crippen LogP contribution in [0.25, 0.3) is 0 Å². The molecule has 3 rings (SSSR count). The fraction of sp³-hybridized carbons (Fsp3) is 0.429. The summed E-state index contributed by atoms with van der Waals surface area (Å²) in [6.45, 7) is 2.65. The van der Waals surface area contributed by atoms with Gasteiger partial charge in [0.2, 0.25) is 27.7 Å². The molecule has 1 aromatic carbocycles. The lowest BCUT2D eigenvalue weighted by atomic mass is 10.1. The fourth-order valence-corrected chi connectivity index (χ4v) is 5.05. The van der Waals surface area contributed by atoms with Crippen LogP contribution in [0.4, 0.5) is 5.95 Å². The number of β-amino-alcohol motifs (C(OH)–C–C–N with tert-alkyl or cyclic N) is 1. The molecular weight excluding hydrogens is 468 g/mol. The van der Waals surface area contributed by atoms with Crippen LogP contribution < -0.4 is 14.8 Å². The van der Waals surface area contributed by atoms with E-state index in [-0.39, 0.29) is 35.6 Å². The third-order valence-corrected chi connectivity index (χ3v) is 7.16. The summed E-state index contributed by atoms with van der Waals surface area (Å²) in [6, 6.07) is 4.75. The van der Waals surface area contributed by atoms with Gasteiger partial charge in [-0.1, -0.05) is 6.07 Å². The monoisotopic (exact) mass is 494 g/mol. The summed E-state index contributed by atoms with van der Waals surface area (Å²) >= 11 is 0.